The van der Waals surface area contributed by atoms with Crippen molar-refractivity contribution in [3.8, 4) is 0 Å². The second kappa shape index (κ2) is 8.38. The number of piperidine rings is 2. The highest BCUT2D eigenvalue weighted by Crippen LogP contribution is 2.40. The Labute approximate surface area is 178 Å². The van der Waals surface area contributed by atoms with E-state index in [1.54, 1.807) is 0 Å². The first kappa shape index (κ1) is 19.6. The van der Waals surface area contributed by atoms with Crippen LogP contribution in [0.25, 0.3) is 0 Å². The van der Waals surface area contributed by atoms with Crippen LogP contribution in [0.3, 0.4) is 0 Å². The number of carbonyl (C=O) groups excluding carboxylic acids is 2. The molecule has 0 radical (unpaired) electrons. The van der Waals surface area contributed by atoms with Gasteiger partial charge < -0.3 is 14.7 Å². The molecule has 1 saturated carbocycles. The van der Waals surface area contributed by atoms with E-state index >= 15 is 0 Å². The van der Waals surface area contributed by atoms with Gasteiger partial charge in [-0.05, 0) is 55.9 Å². The van der Waals surface area contributed by atoms with E-state index in [0.29, 0.717) is 30.0 Å². The first-order valence-electron chi connectivity index (χ1n) is 11.6. The first-order valence-corrected chi connectivity index (χ1v) is 12.5. The summed E-state index contributed by atoms with van der Waals surface area (Å²) in [5.41, 5.74) is 0. The number of nitrogens with zero attached hydrogens (tertiary/aromatic N) is 3. The number of fused-ring (bicyclic) bond motifs is 1. The topological polar surface area (TPSA) is 43.9 Å². The van der Waals surface area contributed by atoms with Gasteiger partial charge in [-0.1, -0.05) is 18.9 Å². The van der Waals surface area contributed by atoms with E-state index in [4.69, 9.17) is 0 Å². The van der Waals surface area contributed by atoms with E-state index in [2.05, 4.69) is 9.80 Å². The standard InChI is InChI=1S/C23H33N3O2S/c27-22-16-17-4-1-2-5-20(17)26(22)19-9-11-24(12-10-19)18-7-13-25(14-8-18)23(28)21-6-3-15-29-21/h3,6,15,17-20H,1-2,4-5,7-14,16H2/t17-,20+/m0/s1. The fourth-order valence-corrected chi connectivity index (χ4v) is 6.99. The number of hydrogen-bond acceptors (Lipinski definition) is 4. The van der Waals surface area contributed by atoms with Gasteiger partial charge in [-0.15, -0.1) is 11.3 Å². The Morgan fingerprint density at radius 2 is 1.66 bits per heavy atom. The van der Waals surface area contributed by atoms with Crippen LogP contribution >= 0.6 is 11.3 Å². The van der Waals surface area contributed by atoms with Crippen LogP contribution in [0.1, 0.15) is 67.5 Å². The molecule has 6 heteroatoms. The third-order valence-corrected chi connectivity index (χ3v) is 8.70. The number of likely N-dealkylation sites (tertiary alicyclic amines) is 3. The minimum atomic E-state index is 0.201. The Balaban J connectivity index is 1.12. The molecule has 158 valence electrons. The Hall–Kier alpha value is -1.40. The molecular formula is C23H33N3O2S. The highest BCUT2D eigenvalue weighted by atomic mass is 32.1. The molecular weight excluding hydrogens is 382 g/mol. The fraction of sp³-hybridized carbons (Fsp3) is 0.739. The lowest BCUT2D eigenvalue weighted by molar-refractivity contribution is -0.132. The predicted octanol–water partition coefficient (Wildman–Crippen LogP) is 3.61. The van der Waals surface area contributed by atoms with Crippen LogP contribution in [0.2, 0.25) is 0 Å². The van der Waals surface area contributed by atoms with Gasteiger partial charge >= 0.3 is 0 Å². The van der Waals surface area contributed by atoms with Crippen molar-refractivity contribution in [2.45, 2.75) is 75.9 Å². The van der Waals surface area contributed by atoms with Crippen molar-refractivity contribution in [2.24, 2.45) is 5.92 Å². The van der Waals surface area contributed by atoms with E-state index < -0.39 is 0 Å². The van der Waals surface area contributed by atoms with Crippen molar-refractivity contribution in [3.05, 3.63) is 22.4 Å². The molecule has 29 heavy (non-hydrogen) atoms. The lowest BCUT2D eigenvalue weighted by Crippen LogP contribution is -2.53. The van der Waals surface area contributed by atoms with Crippen LogP contribution in [0.5, 0.6) is 0 Å². The summed E-state index contributed by atoms with van der Waals surface area (Å²) in [6.07, 6.45) is 10.3. The minimum Gasteiger partial charge on any atom is -0.338 e. The monoisotopic (exact) mass is 415 g/mol. The second-order valence-corrected chi connectivity index (χ2v) is 10.3. The molecule has 3 aliphatic heterocycles. The maximum Gasteiger partial charge on any atom is 0.263 e. The molecule has 0 aromatic carbocycles. The van der Waals surface area contributed by atoms with Gasteiger partial charge in [0.25, 0.3) is 5.91 Å². The summed E-state index contributed by atoms with van der Waals surface area (Å²) in [7, 11) is 0. The van der Waals surface area contributed by atoms with E-state index in [9.17, 15) is 9.59 Å². The molecule has 1 aromatic heterocycles. The van der Waals surface area contributed by atoms with Gasteiger partial charge in [-0.25, -0.2) is 0 Å². The molecule has 4 fully saturated rings. The van der Waals surface area contributed by atoms with Crippen molar-refractivity contribution in [1.82, 2.24) is 14.7 Å². The van der Waals surface area contributed by atoms with Crippen molar-refractivity contribution >= 4 is 23.2 Å². The number of hydrogen-bond donors (Lipinski definition) is 0. The molecule has 0 bridgehead atoms. The second-order valence-electron chi connectivity index (χ2n) is 9.38. The van der Waals surface area contributed by atoms with Crippen LogP contribution in [0, 0.1) is 5.92 Å². The lowest BCUT2D eigenvalue weighted by Gasteiger charge is -2.45. The number of rotatable bonds is 3. The van der Waals surface area contributed by atoms with Crippen LogP contribution < -0.4 is 0 Å². The Bertz CT molecular complexity index is 720. The molecule has 5 rings (SSSR count). The highest BCUT2D eigenvalue weighted by Gasteiger charge is 2.44. The third-order valence-electron chi connectivity index (χ3n) is 7.84. The van der Waals surface area contributed by atoms with E-state index in [0.717, 1.165) is 63.2 Å². The fourth-order valence-electron chi connectivity index (χ4n) is 6.30. The number of carbonyl (C=O) groups is 2. The van der Waals surface area contributed by atoms with Gasteiger partial charge in [0.1, 0.15) is 0 Å². The van der Waals surface area contributed by atoms with Gasteiger partial charge in [0.15, 0.2) is 0 Å². The lowest BCUT2D eigenvalue weighted by atomic mass is 9.84. The quantitative estimate of drug-likeness (QED) is 0.758. The molecule has 0 N–H and O–H groups in total. The molecule has 0 unspecified atom stereocenters. The molecule has 4 heterocycles. The van der Waals surface area contributed by atoms with Crippen LogP contribution in [0.15, 0.2) is 17.5 Å². The molecule has 3 saturated heterocycles. The largest absolute Gasteiger partial charge is 0.338 e. The Morgan fingerprint density at radius 1 is 0.931 bits per heavy atom. The maximum atomic E-state index is 12.7. The van der Waals surface area contributed by atoms with Gasteiger partial charge in [0, 0.05) is 50.7 Å². The average molecular weight is 416 g/mol. The van der Waals surface area contributed by atoms with Gasteiger partial charge in [-0.3, -0.25) is 9.59 Å². The minimum absolute atomic E-state index is 0.201. The SMILES string of the molecule is O=C(c1cccs1)N1CCC(N2CCC(N3C(=O)C[C@@H]4CCCC[C@H]43)CC2)CC1. The average Bonchev–Trinajstić information content (AvgIpc) is 3.41. The summed E-state index contributed by atoms with van der Waals surface area (Å²) in [5, 5.41) is 1.98. The molecule has 1 aliphatic carbocycles. The molecule has 4 aliphatic rings. The number of amides is 2. The predicted molar refractivity (Wildman–Crippen MR) is 115 cm³/mol. The van der Waals surface area contributed by atoms with Gasteiger partial charge in [0.05, 0.1) is 4.88 Å². The molecule has 5 nitrogen and oxygen atoms in total. The van der Waals surface area contributed by atoms with E-state index in [1.807, 2.05) is 22.4 Å². The maximum absolute atomic E-state index is 12.7. The molecule has 2 amide bonds. The molecule has 0 spiro atoms. The Kier molecular flexibility index (Phi) is 5.65. The summed E-state index contributed by atoms with van der Waals surface area (Å²) < 4.78 is 0. The summed E-state index contributed by atoms with van der Waals surface area (Å²) in [6.45, 7) is 3.95. The normalized spacial score (nSPS) is 30.0. The van der Waals surface area contributed by atoms with Gasteiger partial charge in [-0.2, -0.15) is 0 Å². The number of thiophene rings is 1. The zero-order valence-corrected chi connectivity index (χ0v) is 18.1. The first-order chi connectivity index (χ1) is 14.2. The van der Waals surface area contributed by atoms with Crippen molar-refractivity contribution in [3.63, 3.8) is 0 Å². The summed E-state index contributed by atoms with van der Waals surface area (Å²) in [5.74, 6) is 1.27. The van der Waals surface area contributed by atoms with E-state index in [-0.39, 0.29) is 5.91 Å². The summed E-state index contributed by atoms with van der Waals surface area (Å²) in [4.78, 5) is 33.1. The smallest absolute Gasteiger partial charge is 0.263 e. The highest BCUT2D eigenvalue weighted by molar-refractivity contribution is 7.12. The Morgan fingerprint density at radius 3 is 2.38 bits per heavy atom. The zero-order valence-electron chi connectivity index (χ0n) is 17.3. The van der Waals surface area contributed by atoms with E-state index in [1.165, 1.54) is 37.0 Å². The molecule has 1 aromatic rings. The van der Waals surface area contributed by atoms with Crippen LogP contribution in [-0.2, 0) is 4.79 Å². The van der Waals surface area contributed by atoms with Crippen LogP contribution in [-0.4, -0.2) is 70.8 Å². The molecule has 2 atom stereocenters. The van der Waals surface area contributed by atoms with Crippen molar-refractivity contribution in [1.29, 1.82) is 0 Å². The van der Waals surface area contributed by atoms with Crippen molar-refractivity contribution in [2.75, 3.05) is 26.2 Å². The van der Waals surface area contributed by atoms with Crippen molar-refractivity contribution < 1.29 is 9.59 Å². The zero-order chi connectivity index (χ0) is 19.8. The summed E-state index contributed by atoms with van der Waals surface area (Å²) in [6, 6.07) is 5.49. The third kappa shape index (κ3) is 3.86. The van der Waals surface area contributed by atoms with Crippen LogP contribution in [0.4, 0.5) is 0 Å². The summed E-state index contributed by atoms with van der Waals surface area (Å²) >= 11 is 1.54. The van der Waals surface area contributed by atoms with Gasteiger partial charge in [0.2, 0.25) is 5.91 Å².